The molecule has 3 heterocycles. The standard InChI is InChI=1S/C12H23N3O2S/c16-18(17,12-3-5-13-9-12)14-10-4-7-15-6-1-2-11(15)8-10/h10-14H,1-9H2. The van der Waals surface area contributed by atoms with Gasteiger partial charge in [-0.3, -0.25) is 0 Å². The normalized spacial score (nSPS) is 37.9. The average molecular weight is 273 g/mol. The molecule has 2 N–H and O–H groups in total. The maximum Gasteiger partial charge on any atom is 0.216 e. The van der Waals surface area contributed by atoms with Gasteiger partial charge in [0.2, 0.25) is 10.0 Å². The van der Waals surface area contributed by atoms with Gasteiger partial charge >= 0.3 is 0 Å². The SMILES string of the molecule is O=S(=O)(NC1CCN2CCCC2C1)C1CCNC1. The molecule has 0 radical (unpaired) electrons. The summed E-state index contributed by atoms with van der Waals surface area (Å²) in [4.78, 5) is 2.52. The Kier molecular flexibility index (Phi) is 3.62. The zero-order valence-electron chi connectivity index (χ0n) is 10.8. The Hall–Kier alpha value is -0.170. The molecule has 3 unspecified atom stereocenters. The van der Waals surface area contributed by atoms with Gasteiger partial charge in [0.25, 0.3) is 0 Å². The van der Waals surface area contributed by atoms with E-state index in [1.54, 1.807) is 0 Å². The van der Waals surface area contributed by atoms with Crippen molar-refractivity contribution in [1.29, 1.82) is 0 Å². The highest BCUT2D eigenvalue weighted by molar-refractivity contribution is 7.90. The minimum atomic E-state index is -3.12. The lowest BCUT2D eigenvalue weighted by atomic mass is 9.99. The second-order valence-electron chi connectivity index (χ2n) is 5.83. The molecule has 0 aromatic rings. The lowest BCUT2D eigenvalue weighted by Gasteiger charge is -2.35. The van der Waals surface area contributed by atoms with Crippen molar-refractivity contribution in [2.45, 2.75) is 49.4 Å². The van der Waals surface area contributed by atoms with Gasteiger partial charge in [-0.2, -0.15) is 0 Å². The Morgan fingerprint density at radius 2 is 2.06 bits per heavy atom. The molecule has 5 nitrogen and oxygen atoms in total. The number of fused-ring (bicyclic) bond motifs is 1. The molecule has 3 rings (SSSR count). The molecular weight excluding hydrogens is 250 g/mol. The summed E-state index contributed by atoms with van der Waals surface area (Å²) >= 11 is 0. The first-order chi connectivity index (χ1) is 8.65. The van der Waals surface area contributed by atoms with E-state index in [1.165, 1.54) is 19.4 Å². The van der Waals surface area contributed by atoms with Crippen LogP contribution in [0.3, 0.4) is 0 Å². The van der Waals surface area contributed by atoms with Crippen LogP contribution in [0.15, 0.2) is 0 Å². The van der Waals surface area contributed by atoms with E-state index < -0.39 is 10.0 Å². The van der Waals surface area contributed by atoms with E-state index in [0.29, 0.717) is 12.6 Å². The van der Waals surface area contributed by atoms with Crippen LogP contribution >= 0.6 is 0 Å². The fourth-order valence-corrected chi connectivity index (χ4v) is 5.19. The molecule has 0 aromatic carbocycles. The number of hydrogen-bond acceptors (Lipinski definition) is 4. The van der Waals surface area contributed by atoms with Crippen molar-refractivity contribution in [2.75, 3.05) is 26.2 Å². The third kappa shape index (κ3) is 2.57. The van der Waals surface area contributed by atoms with Gasteiger partial charge in [-0.25, -0.2) is 13.1 Å². The summed E-state index contributed by atoms with van der Waals surface area (Å²) in [5, 5.41) is 2.90. The molecule has 0 aromatic heterocycles. The Morgan fingerprint density at radius 1 is 1.17 bits per heavy atom. The third-order valence-electron chi connectivity index (χ3n) is 4.61. The number of rotatable bonds is 3. The lowest BCUT2D eigenvalue weighted by Crippen LogP contribution is -2.49. The van der Waals surface area contributed by atoms with Crippen molar-refractivity contribution in [3.63, 3.8) is 0 Å². The first-order valence-electron chi connectivity index (χ1n) is 7.11. The summed E-state index contributed by atoms with van der Waals surface area (Å²) in [7, 11) is -3.12. The van der Waals surface area contributed by atoms with E-state index in [2.05, 4.69) is 14.9 Å². The Bertz CT molecular complexity index is 392. The number of hydrogen-bond donors (Lipinski definition) is 2. The van der Waals surface area contributed by atoms with Gasteiger partial charge in [0.1, 0.15) is 0 Å². The van der Waals surface area contributed by atoms with Crippen molar-refractivity contribution in [3.05, 3.63) is 0 Å². The second kappa shape index (κ2) is 5.07. The Labute approximate surface area is 109 Å². The molecule has 3 saturated heterocycles. The minimum Gasteiger partial charge on any atom is -0.315 e. The van der Waals surface area contributed by atoms with Crippen LogP contribution in [0.5, 0.6) is 0 Å². The Balaban J connectivity index is 1.59. The van der Waals surface area contributed by atoms with Gasteiger partial charge in [-0.1, -0.05) is 0 Å². The van der Waals surface area contributed by atoms with E-state index in [-0.39, 0.29) is 11.3 Å². The van der Waals surface area contributed by atoms with Gasteiger partial charge in [-0.05, 0) is 51.7 Å². The van der Waals surface area contributed by atoms with Crippen molar-refractivity contribution >= 4 is 10.0 Å². The van der Waals surface area contributed by atoms with Gasteiger partial charge in [-0.15, -0.1) is 0 Å². The summed E-state index contributed by atoms with van der Waals surface area (Å²) in [6.45, 7) is 3.70. The molecule has 0 amide bonds. The predicted molar refractivity (Wildman–Crippen MR) is 70.9 cm³/mol. The molecule has 3 aliphatic rings. The highest BCUT2D eigenvalue weighted by atomic mass is 32.2. The van der Waals surface area contributed by atoms with Crippen LogP contribution < -0.4 is 10.0 Å². The molecule has 0 saturated carbocycles. The maximum absolute atomic E-state index is 12.2. The molecule has 3 aliphatic heterocycles. The molecule has 6 heteroatoms. The maximum atomic E-state index is 12.2. The molecule has 3 fully saturated rings. The highest BCUT2D eigenvalue weighted by Gasteiger charge is 2.36. The first kappa shape index (κ1) is 12.8. The van der Waals surface area contributed by atoms with E-state index in [0.717, 1.165) is 32.4 Å². The molecular formula is C12H23N3O2S. The van der Waals surface area contributed by atoms with Crippen molar-refractivity contribution in [3.8, 4) is 0 Å². The average Bonchev–Trinajstić information content (AvgIpc) is 2.99. The van der Waals surface area contributed by atoms with Crippen LogP contribution in [0.1, 0.15) is 32.1 Å². The van der Waals surface area contributed by atoms with Crippen LogP contribution in [0.4, 0.5) is 0 Å². The largest absolute Gasteiger partial charge is 0.315 e. The van der Waals surface area contributed by atoms with Crippen molar-refractivity contribution in [1.82, 2.24) is 14.9 Å². The fourth-order valence-electron chi connectivity index (χ4n) is 3.55. The van der Waals surface area contributed by atoms with E-state index >= 15 is 0 Å². The lowest BCUT2D eigenvalue weighted by molar-refractivity contribution is 0.176. The summed E-state index contributed by atoms with van der Waals surface area (Å²) in [5.74, 6) is 0. The van der Waals surface area contributed by atoms with Gasteiger partial charge in [0.05, 0.1) is 5.25 Å². The summed E-state index contributed by atoms with van der Waals surface area (Å²) in [6.07, 6.45) is 5.23. The smallest absolute Gasteiger partial charge is 0.216 e. The van der Waals surface area contributed by atoms with Crippen LogP contribution in [0.2, 0.25) is 0 Å². The highest BCUT2D eigenvalue weighted by Crippen LogP contribution is 2.27. The predicted octanol–water partition coefficient (Wildman–Crippen LogP) is -0.105. The number of piperidine rings is 1. The molecule has 0 spiro atoms. The summed E-state index contributed by atoms with van der Waals surface area (Å²) in [6, 6.07) is 0.781. The van der Waals surface area contributed by atoms with Gasteiger partial charge < -0.3 is 10.2 Å². The third-order valence-corrected chi connectivity index (χ3v) is 6.55. The molecule has 18 heavy (non-hydrogen) atoms. The second-order valence-corrected chi connectivity index (χ2v) is 7.82. The Morgan fingerprint density at radius 3 is 2.83 bits per heavy atom. The van der Waals surface area contributed by atoms with Crippen LogP contribution in [0, 0.1) is 0 Å². The van der Waals surface area contributed by atoms with E-state index in [4.69, 9.17) is 0 Å². The van der Waals surface area contributed by atoms with E-state index in [9.17, 15) is 8.42 Å². The van der Waals surface area contributed by atoms with E-state index in [1.807, 2.05) is 0 Å². The minimum absolute atomic E-state index is 0.162. The zero-order valence-corrected chi connectivity index (χ0v) is 11.6. The molecule has 0 aliphatic carbocycles. The number of nitrogens with one attached hydrogen (secondary N) is 2. The summed E-state index contributed by atoms with van der Waals surface area (Å²) < 4.78 is 27.4. The van der Waals surface area contributed by atoms with Crippen LogP contribution in [0.25, 0.3) is 0 Å². The monoisotopic (exact) mass is 273 g/mol. The zero-order chi connectivity index (χ0) is 12.6. The van der Waals surface area contributed by atoms with Crippen molar-refractivity contribution < 1.29 is 8.42 Å². The molecule has 3 atom stereocenters. The molecule has 104 valence electrons. The van der Waals surface area contributed by atoms with Crippen molar-refractivity contribution in [2.24, 2.45) is 0 Å². The fraction of sp³-hybridized carbons (Fsp3) is 1.00. The van der Waals surface area contributed by atoms with Gasteiger partial charge in [0, 0.05) is 18.6 Å². The number of nitrogens with zero attached hydrogens (tertiary/aromatic N) is 1. The molecule has 0 bridgehead atoms. The topological polar surface area (TPSA) is 61.4 Å². The van der Waals surface area contributed by atoms with Crippen LogP contribution in [-0.4, -0.2) is 56.8 Å². The van der Waals surface area contributed by atoms with Gasteiger partial charge in [0.15, 0.2) is 0 Å². The first-order valence-corrected chi connectivity index (χ1v) is 8.66. The summed E-state index contributed by atoms with van der Waals surface area (Å²) in [5.41, 5.74) is 0. The number of sulfonamides is 1. The van der Waals surface area contributed by atoms with Crippen LogP contribution in [-0.2, 0) is 10.0 Å². The quantitative estimate of drug-likeness (QED) is 0.753.